The number of ether oxygens (including phenoxy) is 1. The lowest BCUT2D eigenvalue weighted by Gasteiger charge is -2.37. The third-order valence-corrected chi connectivity index (χ3v) is 5.98. The molecule has 128 valence electrons. The number of hydrogen-bond acceptors (Lipinski definition) is 3. The molecule has 1 N–H and O–H groups in total. The number of hydrogen-bond donors (Lipinski definition) is 1. The van der Waals surface area contributed by atoms with Gasteiger partial charge in [-0.2, -0.15) is 0 Å². The minimum atomic E-state index is -0.437. The summed E-state index contributed by atoms with van der Waals surface area (Å²) in [6.07, 6.45) is 2.86. The van der Waals surface area contributed by atoms with Crippen LogP contribution in [0.1, 0.15) is 50.4 Å². The van der Waals surface area contributed by atoms with Gasteiger partial charge in [-0.1, -0.05) is 26.0 Å². The topological polar surface area (TPSA) is 55.4 Å². The molecule has 2 aliphatic rings. The first-order valence-electron chi connectivity index (χ1n) is 8.60. The molecule has 3 rings (SSSR count). The van der Waals surface area contributed by atoms with E-state index in [4.69, 9.17) is 4.74 Å². The van der Waals surface area contributed by atoms with E-state index in [1.54, 1.807) is 31.2 Å². The van der Waals surface area contributed by atoms with E-state index >= 15 is 0 Å². The van der Waals surface area contributed by atoms with Crippen LogP contribution in [0, 0.1) is 16.7 Å². The van der Waals surface area contributed by atoms with Crippen molar-refractivity contribution < 1.29 is 14.3 Å². The Morgan fingerprint density at radius 3 is 2.50 bits per heavy atom. The number of nitrogens with one attached hydrogen (secondary N) is 1. The molecular weight excluding hydrogens is 302 g/mol. The fraction of sp³-hybridized carbons (Fsp3) is 0.500. The Morgan fingerprint density at radius 1 is 1.29 bits per heavy atom. The summed E-state index contributed by atoms with van der Waals surface area (Å²) >= 11 is 0. The Morgan fingerprint density at radius 2 is 1.96 bits per heavy atom. The molecule has 2 saturated carbocycles. The van der Waals surface area contributed by atoms with Crippen molar-refractivity contribution in [2.75, 3.05) is 11.9 Å². The first kappa shape index (κ1) is 16.7. The van der Waals surface area contributed by atoms with Crippen LogP contribution in [0.15, 0.2) is 36.4 Å². The second kappa shape index (κ2) is 5.76. The van der Waals surface area contributed by atoms with E-state index in [0.29, 0.717) is 23.8 Å². The highest BCUT2D eigenvalue weighted by molar-refractivity contribution is 5.99. The molecule has 1 aromatic rings. The number of carbonyl (C=O) groups excluding carboxylic acids is 2. The first-order valence-corrected chi connectivity index (χ1v) is 8.60. The van der Waals surface area contributed by atoms with Crippen molar-refractivity contribution in [3.8, 4) is 0 Å². The van der Waals surface area contributed by atoms with Gasteiger partial charge in [0.1, 0.15) is 0 Å². The summed E-state index contributed by atoms with van der Waals surface area (Å²) in [5.74, 6) is 0.227. The maximum Gasteiger partial charge on any atom is 0.338 e. The van der Waals surface area contributed by atoms with Gasteiger partial charge in [-0.15, -0.1) is 0 Å². The normalized spacial score (nSPS) is 27.1. The molecule has 2 atom stereocenters. The lowest BCUT2D eigenvalue weighted by Crippen LogP contribution is -2.37. The zero-order valence-corrected chi connectivity index (χ0v) is 14.6. The SMILES string of the molecule is C=C1C(C)(C)[C@H]2CC[C@]1(C(=O)Nc1ccc(C(=O)OCC)cc1)C2. The van der Waals surface area contributed by atoms with Crippen LogP contribution in [0.4, 0.5) is 5.69 Å². The van der Waals surface area contributed by atoms with Crippen LogP contribution in [-0.4, -0.2) is 18.5 Å². The molecule has 2 bridgehead atoms. The Kier molecular flexibility index (Phi) is 4.02. The fourth-order valence-corrected chi connectivity index (χ4v) is 4.30. The van der Waals surface area contributed by atoms with Gasteiger partial charge in [0.15, 0.2) is 0 Å². The predicted octanol–water partition coefficient (Wildman–Crippen LogP) is 4.18. The molecule has 0 heterocycles. The van der Waals surface area contributed by atoms with Crippen molar-refractivity contribution in [3.05, 3.63) is 42.0 Å². The molecule has 0 saturated heterocycles. The Balaban J connectivity index is 1.74. The smallest absolute Gasteiger partial charge is 0.338 e. The monoisotopic (exact) mass is 327 g/mol. The highest BCUT2D eigenvalue weighted by atomic mass is 16.5. The minimum Gasteiger partial charge on any atom is -0.462 e. The van der Waals surface area contributed by atoms with Crippen molar-refractivity contribution in [2.24, 2.45) is 16.7 Å². The van der Waals surface area contributed by atoms with E-state index in [9.17, 15) is 9.59 Å². The van der Waals surface area contributed by atoms with Crippen LogP contribution in [0.25, 0.3) is 0 Å². The van der Waals surface area contributed by atoms with Crippen LogP contribution in [-0.2, 0) is 9.53 Å². The number of amides is 1. The number of carbonyl (C=O) groups is 2. The second-order valence-electron chi connectivity index (χ2n) is 7.47. The Bertz CT molecular complexity index is 689. The predicted molar refractivity (Wildman–Crippen MR) is 93.7 cm³/mol. The summed E-state index contributed by atoms with van der Waals surface area (Å²) in [6.45, 7) is 10.8. The maximum atomic E-state index is 13.0. The largest absolute Gasteiger partial charge is 0.462 e. The lowest BCUT2D eigenvalue weighted by molar-refractivity contribution is -0.123. The molecule has 2 fully saturated rings. The van der Waals surface area contributed by atoms with Gasteiger partial charge in [-0.25, -0.2) is 4.79 Å². The van der Waals surface area contributed by atoms with Crippen LogP contribution < -0.4 is 5.32 Å². The zero-order chi connectivity index (χ0) is 17.5. The maximum absolute atomic E-state index is 13.0. The van der Waals surface area contributed by atoms with Crippen LogP contribution in [0.2, 0.25) is 0 Å². The minimum absolute atomic E-state index is 0.0311. The van der Waals surface area contributed by atoms with E-state index in [2.05, 4.69) is 25.7 Å². The van der Waals surface area contributed by atoms with E-state index in [1.165, 1.54) is 0 Å². The molecule has 1 amide bonds. The molecule has 4 heteroatoms. The molecule has 4 nitrogen and oxygen atoms in total. The van der Waals surface area contributed by atoms with Crippen molar-refractivity contribution in [2.45, 2.75) is 40.0 Å². The zero-order valence-electron chi connectivity index (χ0n) is 14.6. The number of anilines is 1. The molecule has 0 unspecified atom stereocenters. The fourth-order valence-electron chi connectivity index (χ4n) is 4.30. The van der Waals surface area contributed by atoms with Crippen molar-refractivity contribution in [1.29, 1.82) is 0 Å². The number of benzene rings is 1. The summed E-state index contributed by atoms with van der Waals surface area (Å²) in [4.78, 5) is 24.6. The molecule has 0 radical (unpaired) electrons. The summed E-state index contributed by atoms with van der Waals surface area (Å²) in [6, 6.07) is 6.85. The van der Waals surface area contributed by atoms with Crippen LogP contribution >= 0.6 is 0 Å². The highest BCUT2D eigenvalue weighted by Gasteiger charge is 2.60. The van der Waals surface area contributed by atoms with Gasteiger partial charge in [0.05, 0.1) is 17.6 Å². The highest BCUT2D eigenvalue weighted by Crippen LogP contribution is 2.65. The van der Waals surface area contributed by atoms with Gasteiger partial charge in [-0.3, -0.25) is 4.79 Å². The van der Waals surface area contributed by atoms with Gasteiger partial charge in [0.25, 0.3) is 0 Å². The third-order valence-electron chi connectivity index (χ3n) is 5.98. The van der Waals surface area contributed by atoms with E-state index in [-0.39, 0.29) is 17.3 Å². The van der Waals surface area contributed by atoms with Crippen molar-refractivity contribution in [3.63, 3.8) is 0 Å². The van der Waals surface area contributed by atoms with E-state index < -0.39 is 5.41 Å². The van der Waals surface area contributed by atoms with Crippen LogP contribution in [0.3, 0.4) is 0 Å². The molecule has 0 aromatic heterocycles. The van der Waals surface area contributed by atoms with Gasteiger partial charge in [0, 0.05) is 5.69 Å². The van der Waals surface area contributed by atoms with E-state index in [0.717, 1.165) is 24.8 Å². The number of fused-ring (bicyclic) bond motifs is 2. The van der Waals surface area contributed by atoms with Crippen molar-refractivity contribution >= 4 is 17.6 Å². The van der Waals surface area contributed by atoms with Gasteiger partial charge < -0.3 is 10.1 Å². The second-order valence-corrected chi connectivity index (χ2v) is 7.47. The summed E-state index contributed by atoms with van der Waals surface area (Å²) in [5, 5.41) is 3.02. The number of esters is 1. The summed E-state index contributed by atoms with van der Waals surface area (Å²) in [5.41, 5.74) is 1.84. The quantitative estimate of drug-likeness (QED) is 0.666. The number of rotatable bonds is 4. The van der Waals surface area contributed by atoms with Gasteiger partial charge in [-0.05, 0) is 61.8 Å². The van der Waals surface area contributed by atoms with Crippen LogP contribution in [0.5, 0.6) is 0 Å². The lowest BCUT2D eigenvalue weighted by atomic mass is 9.68. The molecule has 0 spiro atoms. The standard InChI is InChI=1S/C20H25NO3/c1-5-24-17(22)14-6-8-16(9-7-14)21-18(23)20-11-10-15(12-20)19(3,4)13(20)2/h6-9,15H,2,5,10-12H2,1,3-4H3,(H,21,23)/t15-,20-/m0/s1. The van der Waals surface area contributed by atoms with Gasteiger partial charge >= 0.3 is 5.97 Å². The average molecular weight is 327 g/mol. The average Bonchev–Trinajstić information content (AvgIpc) is 3.08. The molecule has 24 heavy (non-hydrogen) atoms. The van der Waals surface area contributed by atoms with Gasteiger partial charge in [0.2, 0.25) is 5.91 Å². The van der Waals surface area contributed by atoms with E-state index in [1.807, 2.05) is 0 Å². The summed E-state index contributed by atoms with van der Waals surface area (Å²) < 4.78 is 4.97. The molecule has 1 aromatic carbocycles. The molecule has 0 aliphatic heterocycles. The summed E-state index contributed by atoms with van der Waals surface area (Å²) in [7, 11) is 0. The Labute approximate surface area is 143 Å². The third kappa shape index (κ3) is 2.45. The Hall–Kier alpha value is -2.10. The van der Waals surface area contributed by atoms with Crippen molar-refractivity contribution in [1.82, 2.24) is 0 Å². The first-order chi connectivity index (χ1) is 11.3. The molecular formula is C20H25NO3. The molecule has 2 aliphatic carbocycles.